The first-order valence-electron chi connectivity index (χ1n) is 8.77. The van der Waals surface area contributed by atoms with Gasteiger partial charge in [0.2, 0.25) is 0 Å². The second-order valence-electron chi connectivity index (χ2n) is 6.53. The molecule has 0 atom stereocenters. The number of benzene rings is 1. The summed E-state index contributed by atoms with van der Waals surface area (Å²) in [4.78, 5) is 16.0. The molecule has 1 fully saturated rings. The quantitative estimate of drug-likeness (QED) is 0.942. The molecule has 5 nitrogen and oxygen atoms in total. The highest BCUT2D eigenvalue weighted by atomic mass is 15.2. The van der Waals surface area contributed by atoms with Crippen LogP contribution in [0.5, 0.6) is 0 Å². The fourth-order valence-corrected chi connectivity index (χ4v) is 3.66. The van der Waals surface area contributed by atoms with E-state index < -0.39 is 0 Å². The van der Waals surface area contributed by atoms with Crippen LogP contribution >= 0.6 is 0 Å². The third kappa shape index (κ3) is 2.86. The monoisotopic (exact) mass is 321 g/mol. The van der Waals surface area contributed by atoms with E-state index >= 15 is 0 Å². The average molecular weight is 321 g/mol. The smallest absolute Gasteiger partial charge is 0.142 e. The van der Waals surface area contributed by atoms with Gasteiger partial charge >= 0.3 is 0 Å². The number of aliphatic imine (C=N–C) groups is 1. The minimum absolute atomic E-state index is 0.548. The number of aromatic nitrogens is 2. The highest BCUT2D eigenvalue weighted by Crippen LogP contribution is 2.29. The first-order valence-corrected chi connectivity index (χ1v) is 8.77. The Morgan fingerprint density at radius 1 is 1.08 bits per heavy atom. The molecule has 1 saturated carbocycles. The van der Waals surface area contributed by atoms with Gasteiger partial charge in [0.05, 0.1) is 0 Å². The van der Waals surface area contributed by atoms with Crippen molar-refractivity contribution in [3.63, 3.8) is 0 Å². The third-order valence-electron chi connectivity index (χ3n) is 4.91. The first-order chi connectivity index (χ1) is 11.8. The molecule has 2 aliphatic rings. The fraction of sp³-hybridized carbons (Fsp3) is 0.421. The minimum atomic E-state index is 0.548. The molecule has 24 heavy (non-hydrogen) atoms. The van der Waals surface area contributed by atoms with Crippen molar-refractivity contribution in [3.8, 4) is 0 Å². The Morgan fingerprint density at radius 3 is 2.67 bits per heavy atom. The number of anilines is 2. The van der Waals surface area contributed by atoms with Gasteiger partial charge in [-0.05, 0) is 19.3 Å². The molecule has 4 rings (SSSR count). The molecular weight excluding hydrogens is 298 g/mol. The summed E-state index contributed by atoms with van der Waals surface area (Å²) in [6.45, 7) is 0.758. The number of rotatable bonds is 3. The topological polar surface area (TPSA) is 53.4 Å². The average Bonchev–Trinajstić information content (AvgIpc) is 3.06. The zero-order valence-electron chi connectivity index (χ0n) is 14.1. The van der Waals surface area contributed by atoms with Crippen LogP contribution in [-0.4, -0.2) is 35.4 Å². The molecule has 0 radical (unpaired) electrons. The molecule has 1 N–H and O–H groups in total. The summed E-state index contributed by atoms with van der Waals surface area (Å²) in [5, 5.41) is 3.64. The second-order valence-corrected chi connectivity index (χ2v) is 6.53. The molecule has 1 aliphatic carbocycles. The summed E-state index contributed by atoms with van der Waals surface area (Å²) in [6, 6.07) is 10.9. The number of fused-ring (bicyclic) bond motifs is 1. The van der Waals surface area contributed by atoms with Gasteiger partial charge in [-0.2, -0.15) is 0 Å². The van der Waals surface area contributed by atoms with Gasteiger partial charge < -0.3 is 10.2 Å². The number of hydrogen-bond acceptors (Lipinski definition) is 5. The SMILES string of the molecule is CN1C(c2ccccc2)=NCCc2c(NC3CCCC3)ncnc21. The lowest BCUT2D eigenvalue weighted by atomic mass is 10.1. The predicted molar refractivity (Wildman–Crippen MR) is 97.9 cm³/mol. The van der Waals surface area contributed by atoms with Crippen LogP contribution < -0.4 is 10.2 Å². The van der Waals surface area contributed by atoms with Gasteiger partial charge in [0.15, 0.2) is 0 Å². The molecule has 0 amide bonds. The highest BCUT2D eigenvalue weighted by molar-refractivity contribution is 6.10. The van der Waals surface area contributed by atoms with E-state index in [0.717, 1.165) is 36.0 Å². The molecular formula is C19H23N5. The van der Waals surface area contributed by atoms with Crippen molar-refractivity contribution in [3.05, 3.63) is 47.8 Å². The van der Waals surface area contributed by atoms with E-state index in [2.05, 4.69) is 32.3 Å². The van der Waals surface area contributed by atoms with Crippen molar-refractivity contribution >= 4 is 17.5 Å². The number of hydrogen-bond donors (Lipinski definition) is 1. The summed E-state index contributed by atoms with van der Waals surface area (Å²) >= 11 is 0. The maximum Gasteiger partial charge on any atom is 0.142 e. The minimum Gasteiger partial charge on any atom is -0.367 e. The number of nitrogens with zero attached hydrogens (tertiary/aromatic N) is 4. The van der Waals surface area contributed by atoms with Crippen LogP contribution in [0.2, 0.25) is 0 Å². The maximum atomic E-state index is 4.81. The second kappa shape index (κ2) is 6.59. The van der Waals surface area contributed by atoms with Crippen molar-refractivity contribution in [2.24, 2.45) is 4.99 Å². The molecule has 1 aromatic heterocycles. The molecule has 124 valence electrons. The van der Waals surface area contributed by atoms with Gasteiger partial charge in [-0.1, -0.05) is 43.2 Å². The van der Waals surface area contributed by atoms with E-state index in [1.165, 1.54) is 31.2 Å². The molecule has 0 unspecified atom stereocenters. The van der Waals surface area contributed by atoms with E-state index in [1.807, 2.05) is 25.2 Å². The van der Waals surface area contributed by atoms with Crippen LogP contribution in [-0.2, 0) is 6.42 Å². The molecule has 1 aromatic carbocycles. The normalized spacial score (nSPS) is 18.0. The summed E-state index contributed by atoms with van der Waals surface area (Å²) in [5.74, 6) is 2.92. The van der Waals surface area contributed by atoms with Crippen molar-refractivity contribution in [2.45, 2.75) is 38.1 Å². The van der Waals surface area contributed by atoms with Crippen molar-refractivity contribution in [1.29, 1.82) is 0 Å². The van der Waals surface area contributed by atoms with Crippen LogP contribution in [0, 0.1) is 0 Å². The molecule has 0 spiro atoms. The molecule has 2 heterocycles. The van der Waals surface area contributed by atoms with Gasteiger partial charge in [0, 0.05) is 30.8 Å². The standard InChI is InChI=1S/C19H23N5/c1-24-18(14-7-3-2-4-8-14)20-12-11-16-17(21-13-22-19(16)24)23-15-9-5-6-10-15/h2-4,7-8,13,15H,5-6,9-12H2,1H3,(H,21,22,23). The van der Waals surface area contributed by atoms with Crippen LogP contribution in [0.4, 0.5) is 11.6 Å². The van der Waals surface area contributed by atoms with Gasteiger partial charge in [0.25, 0.3) is 0 Å². The Labute approximate surface area is 142 Å². The van der Waals surface area contributed by atoms with Gasteiger partial charge in [-0.25, -0.2) is 9.97 Å². The Hall–Kier alpha value is -2.43. The molecule has 0 bridgehead atoms. The Balaban J connectivity index is 1.67. The fourth-order valence-electron chi connectivity index (χ4n) is 3.66. The number of nitrogens with one attached hydrogen (secondary N) is 1. The first kappa shape index (κ1) is 15.1. The summed E-state index contributed by atoms with van der Waals surface area (Å²) in [5.41, 5.74) is 2.30. The van der Waals surface area contributed by atoms with Crippen LogP contribution in [0.1, 0.15) is 36.8 Å². The van der Waals surface area contributed by atoms with E-state index in [-0.39, 0.29) is 0 Å². The zero-order chi connectivity index (χ0) is 16.4. The van der Waals surface area contributed by atoms with Crippen LogP contribution in [0.3, 0.4) is 0 Å². The highest BCUT2D eigenvalue weighted by Gasteiger charge is 2.24. The van der Waals surface area contributed by atoms with Crippen LogP contribution in [0.15, 0.2) is 41.7 Å². The Kier molecular flexibility index (Phi) is 4.15. The maximum absolute atomic E-state index is 4.81. The van der Waals surface area contributed by atoms with Gasteiger partial charge in [0.1, 0.15) is 23.8 Å². The lowest BCUT2D eigenvalue weighted by molar-refractivity contribution is 0.746. The summed E-state index contributed by atoms with van der Waals surface area (Å²) in [6.07, 6.45) is 7.63. The van der Waals surface area contributed by atoms with Gasteiger partial charge in [-0.15, -0.1) is 0 Å². The predicted octanol–water partition coefficient (Wildman–Crippen LogP) is 3.27. The van der Waals surface area contributed by atoms with Crippen molar-refractivity contribution < 1.29 is 0 Å². The third-order valence-corrected chi connectivity index (χ3v) is 4.91. The van der Waals surface area contributed by atoms with E-state index in [4.69, 9.17) is 4.99 Å². The lowest BCUT2D eigenvalue weighted by Crippen LogP contribution is -2.28. The van der Waals surface area contributed by atoms with Crippen molar-refractivity contribution in [1.82, 2.24) is 9.97 Å². The van der Waals surface area contributed by atoms with Crippen molar-refractivity contribution in [2.75, 3.05) is 23.8 Å². The molecule has 0 saturated heterocycles. The van der Waals surface area contributed by atoms with Gasteiger partial charge in [-0.3, -0.25) is 4.99 Å². The van der Waals surface area contributed by atoms with E-state index in [0.29, 0.717) is 6.04 Å². The zero-order valence-corrected chi connectivity index (χ0v) is 14.1. The van der Waals surface area contributed by atoms with E-state index in [9.17, 15) is 0 Å². The Morgan fingerprint density at radius 2 is 1.88 bits per heavy atom. The van der Waals surface area contributed by atoms with E-state index in [1.54, 1.807) is 6.33 Å². The summed E-state index contributed by atoms with van der Waals surface area (Å²) in [7, 11) is 2.04. The molecule has 1 aliphatic heterocycles. The Bertz CT molecular complexity index is 735. The molecule has 2 aromatic rings. The number of amidine groups is 1. The van der Waals surface area contributed by atoms with Crippen LogP contribution in [0.25, 0.3) is 0 Å². The summed E-state index contributed by atoms with van der Waals surface area (Å²) < 4.78 is 0. The lowest BCUT2D eigenvalue weighted by Gasteiger charge is -2.23. The largest absolute Gasteiger partial charge is 0.367 e. The molecule has 5 heteroatoms.